The Kier molecular flexibility index (Phi) is 5.69. The first-order chi connectivity index (χ1) is 12.9. The van der Waals surface area contributed by atoms with Crippen molar-refractivity contribution in [2.24, 2.45) is 0 Å². The van der Waals surface area contributed by atoms with E-state index in [-0.39, 0.29) is 35.0 Å². The number of hydrogen-bond donors (Lipinski definition) is 1. The molecule has 144 valence electrons. The summed E-state index contributed by atoms with van der Waals surface area (Å²) in [6.45, 7) is 2.67. The summed E-state index contributed by atoms with van der Waals surface area (Å²) < 4.78 is 36.3. The number of halogens is 1. The van der Waals surface area contributed by atoms with E-state index in [2.05, 4.69) is 15.3 Å². The van der Waals surface area contributed by atoms with E-state index in [1.807, 2.05) is 6.92 Å². The molecule has 1 N–H and O–H groups in total. The number of carbonyl (C=O) groups is 1. The van der Waals surface area contributed by atoms with Gasteiger partial charge in [-0.3, -0.25) is 4.79 Å². The molecule has 1 saturated heterocycles. The Morgan fingerprint density at radius 2 is 2.00 bits per heavy atom. The number of amides is 1. The molecule has 1 aliphatic heterocycles. The molecule has 1 amide bonds. The Hall–Kier alpha value is -2.55. The molecule has 2 heterocycles. The second-order valence-electron chi connectivity index (χ2n) is 6.41. The Balaban J connectivity index is 1.63. The Morgan fingerprint density at radius 1 is 1.26 bits per heavy atom. The Labute approximate surface area is 157 Å². The van der Waals surface area contributed by atoms with Crippen molar-refractivity contribution in [3.8, 4) is 0 Å². The predicted molar refractivity (Wildman–Crippen MR) is 99.5 cm³/mol. The topological polar surface area (TPSA) is 92.3 Å². The maximum atomic E-state index is 12.9. The van der Waals surface area contributed by atoms with E-state index in [9.17, 15) is 17.6 Å². The van der Waals surface area contributed by atoms with Crippen LogP contribution in [0, 0.1) is 5.82 Å². The number of nitrogens with zero attached hydrogens (tertiary/aromatic N) is 3. The van der Waals surface area contributed by atoms with Crippen LogP contribution >= 0.6 is 0 Å². The summed E-state index contributed by atoms with van der Waals surface area (Å²) in [5.74, 6) is -0.0204. The highest BCUT2D eigenvalue weighted by atomic mass is 32.2. The number of anilines is 1. The van der Waals surface area contributed by atoms with Gasteiger partial charge in [0, 0.05) is 19.1 Å². The van der Waals surface area contributed by atoms with E-state index >= 15 is 0 Å². The molecule has 0 saturated carbocycles. The summed E-state index contributed by atoms with van der Waals surface area (Å²) in [4.78, 5) is 22.6. The van der Waals surface area contributed by atoms with Crippen LogP contribution in [-0.4, -0.2) is 53.3 Å². The fourth-order valence-electron chi connectivity index (χ4n) is 3.06. The molecule has 0 aliphatic carbocycles. The van der Waals surface area contributed by atoms with E-state index in [0.29, 0.717) is 25.3 Å². The molecule has 1 aromatic carbocycles. The third-order valence-electron chi connectivity index (χ3n) is 4.51. The smallest absolute Gasteiger partial charge is 0.274 e. The fourth-order valence-corrected chi connectivity index (χ4v) is 4.79. The van der Waals surface area contributed by atoms with E-state index < -0.39 is 9.84 Å². The number of carbonyl (C=O) groups excluding carboxylic acids is 1. The van der Waals surface area contributed by atoms with Gasteiger partial charge in [-0.05, 0) is 31.0 Å². The zero-order valence-electron chi connectivity index (χ0n) is 14.9. The lowest BCUT2D eigenvalue weighted by Gasteiger charge is -2.26. The van der Waals surface area contributed by atoms with Crippen molar-refractivity contribution in [1.82, 2.24) is 14.9 Å². The minimum atomic E-state index is -3.07. The van der Waals surface area contributed by atoms with Gasteiger partial charge in [-0.15, -0.1) is 0 Å². The van der Waals surface area contributed by atoms with Crippen molar-refractivity contribution >= 4 is 21.6 Å². The van der Waals surface area contributed by atoms with Gasteiger partial charge in [-0.25, -0.2) is 22.8 Å². The molecule has 2 aromatic rings. The SMILES string of the molecule is CCN(C(=O)c1cnc(NCc2ccc(F)cc2)cn1)C1CCS(=O)(=O)C1. The molecule has 0 spiro atoms. The summed E-state index contributed by atoms with van der Waals surface area (Å²) in [6.07, 6.45) is 3.28. The summed E-state index contributed by atoms with van der Waals surface area (Å²) in [5.41, 5.74) is 1.06. The molecule has 9 heteroatoms. The molecule has 1 atom stereocenters. The van der Waals surface area contributed by atoms with Gasteiger partial charge in [-0.1, -0.05) is 12.1 Å². The van der Waals surface area contributed by atoms with E-state index in [4.69, 9.17) is 0 Å². The monoisotopic (exact) mass is 392 g/mol. The van der Waals surface area contributed by atoms with Gasteiger partial charge in [0.25, 0.3) is 5.91 Å². The number of sulfone groups is 1. The zero-order valence-corrected chi connectivity index (χ0v) is 15.7. The lowest BCUT2D eigenvalue weighted by molar-refractivity contribution is 0.0702. The predicted octanol–water partition coefficient (Wildman–Crippen LogP) is 1.88. The first kappa shape index (κ1) is 19.2. The van der Waals surface area contributed by atoms with Crippen LogP contribution in [-0.2, 0) is 16.4 Å². The molecule has 1 unspecified atom stereocenters. The Bertz CT molecular complexity index is 901. The van der Waals surface area contributed by atoms with Gasteiger partial charge in [0.05, 0.1) is 23.9 Å². The molecule has 7 nitrogen and oxygen atoms in total. The van der Waals surface area contributed by atoms with Crippen molar-refractivity contribution in [3.63, 3.8) is 0 Å². The van der Waals surface area contributed by atoms with Gasteiger partial charge in [0.15, 0.2) is 9.84 Å². The highest BCUT2D eigenvalue weighted by molar-refractivity contribution is 7.91. The summed E-state index contributed by atoms with van der Waals surface area (Å²) in [5, 5.41) is 3.06. The van der Waals surface area contributed by atoms with E-state index in [1.165, 1.54) is 24.5 Å². The molecule has 1 fully saturated rings. The zero-order chi connectivity index (χ0) is 19.4. The summed E-state index contributed by atoms with van der Waals surface area (Å²) >= 11 is 0. The largest absolute Gasteiger partial charge is 0.365 e. The van der Waals surface area contributed by atoms with Crippen LogP contribution < -0.4 is 5.32 Å². The highest BCUT2D eigenvalue weighted by Gasteiger charge is 2.34. The third-order valence-corrected chi connectivity index (χ3v) is 6.26. The number of hydrogen-bond acceptors (Lipinski definition) is 6. The molecule has 0 bridgehead atoms. The molecule has 3 rings (SSSR count). The van der Waals surface area contributed by atoms with E-state index in [0.717, 1.165) is 5.56 Å². The van der Waals surface area contributed by atoms with Crippen molar-refractivity contribution in [2.45, 2.75) is 25.9 Å². The molecule has 1 aliphatic rings. The van der Waals surface area contributed by atoms with Crippen molar-refractivity contribution in [1.29, 1.82) is 0 Å². The van der Waals surface area contributed by atoms with Crippen molar-refractivity contribution in [2.75, 3.05) is 23.4 Å². The van der Waals surface area contributed by atoms with E-state index in [1.54, 1.807) is 17.0 Å². The molecule has 0 radical (unpaired) electrons. The minimum Gasteiger partial charge on any atom is -0.365 e. The van der Waals surface area contributed by atoms with Crippen LogP contribution in [0.15, 0.2) is 36.7 Å². The van der Waals surface area contributed by atoms with Gasteiger partial charge in [0.1, 0.15) is 17.3 Å². The number of rotatable bonds is 6. The van der Waals surface area contributed by atoms with Crippen LogP contribution in [0.4, 0.5) is 10.2 Å². The maximum Gasteiger partial charge on any atom is 0.274 e. The lowest BCUT2D eigenvalue weighted by atomic mass is 10.2. The standard InChI is InChI=1S/C18H21FN4O3S/c1-2-23(15-7-8-27(25,26)12-15)18(24)16-10-22-17(11-20-16)21-9-13-3-5-14(19)6-4-13/h3-6,10-11,15H,2,7-9,12H2,1H3,(H,21,22). The summed E-state index contributed by atoms with van der Waals surface area (Å²) in [6, 6.07) is 5.79. The van der Waals surface area contributed by atoms with Crippen LogP contribution in [0.25, 0.3) is 0 Å². The normalized spacial score (nSPS) is 18.2. The van der Waals surface area contributed by atoms with Gasteiger partial charge in [0.2, 0.25) is 0 Å². The molecule has 1 aromatic heterocycles. The van der Waals surface area contributed by atoms with Gasteiger partial charge in [-0.2, -0.15) is 0 Å². The summed E-state index contributed by atoms with van der Waals surface area (Å²) in [7, 11) is -3.07. The Morgan fingerprint density at radius 3 is 2.56 bits per heavy atom. The third kappa shape index (κ3) is 4.79. The number of nitrogens with one attached hydrogen (secondary N) is 1. The van der Waals surface area contributed by atoms with Gasteiger partial charge < -0.3 is 10.2 Å². The highest BCUT2D eigenvalue weighted by Crippen LogP contribution is 2.19. The van der Waals surface area contributed by atoms with Crippen LogP contribution in [0.5, 0.6) is 0 Å². The first-order valence-electron chi connectivity index (χ1n) is 8.69. The fraction of sp³-hybridized carbons (Fsp3) is 0.389. The average molecular weight is 392 g/mol. The number of benzene rings is 1. The first-order valence-corrected chi connectivity index (χ1v) is 10.5. The second-order valence-corrected chi connectivity index (χ2v) is 8.64. The second kappa shape index (κ2) is 7.99. The molecular weight excluding hydrogens is 371 g/mol. The molecule has 27 heavy (non-hydrogen) atoms. The van der Waals surface area contributed by atoms with Gasteiger partial charge >= 0.3 is 0 Å². The number of aromatic nitrogens is 2. The maximum absolute atomic E-state index is 12.9. The quantitative estimate of drug-likeness (QED) is 0.807. The van der Waals surface area contributed by atoms with Crippen molar-refractivity contribution < 1.29 is 17.6 Å². The lowest BCUT2D eigenvalue weighted by Crippen LogP contribution is -2.41. The van der Waals surface area contributed by atoms with Crippen LogP contribution in [0.2, 0.25) is 0 Å². The van der Waals surface area contributed by atoms with Crippen molar-refractivity contribution in [3.05, 3.63) is 53.7 Å². The van der Waals surface area contributed by atoms with Crippen LogP contribution in [0.3, 0.4) is 0 Å². The minimum absolute atomic E-state index is 0.00266. The van der Waals surface area contributed by atoms with Crippen LogP contribution in [0.1, 0.15) is 29.4 Å². The average Bonchev–Trinajstić information content (AvgIpc) is 3.02. The molecular formula is C18H21FN4O3S.